The van der Waals surface area contributed by atoms with Gasteiger partial charge in [-0.2, -0.15) is 0 Å². The molecule has 23 heavy (non-hydrogen) atoms. The van der Waals surface area contributed by atoms with Crippen LogP contribution in [0.25, 0.3) is 0 Å². The Hall–Kier alpha value is -2.34. The van der Waals surface area contributed by atoms with Gasteiger partial charge in [0.25, 0.3) is 0 Å². The van der Waals surface area contributed by atoms with Crippen LogP contribution in [0.3, 0.4) is 0 Å². The van der Waals surface area contributed by atoms with Gasteiger partial charge < -0.3 is 14.4 Å². The molecule has 0 N–H and O–H groups in total. The molecule has 122 valence electrons. The Morgan fingerprint density at radius 2 is 1.91 bits per heavy atom. The minimum atomic E-state index is -0.441. The Morgan fingerprint density at radius 1 is 1.17 bits per heavy atom. The first-order chi connectivity index (χ1) is 11.1. The molecule has 2 aromatic rings. The van der Waals surface area contributed by atoms with E-state index in [1.54, 1.807) is 31.3 Å². The molecule has 0 saturated carbocycles. The molecule has 0 aliphatic rings. The third kappa shape index (κ3) is 5.41. The highest BCUT2D eigenvalue weighted by atomic mass is 32.1. The third-order valence-electron chi connectivity index (χ3n) is 3.16. The molecule has 2 rings (SSSR count). The fraction of sp³-hybridized carbons (Fsp3) is 0.294. The number of hydrogen-bond acceptors (Lipinski definition) is 5. The summed E-state index contributed by atoms with van der Waals surface area (Å²) in [4.78, 5) is 25.7. The first-order valence-corrected chi connectivity index (χ1v) is 8.13. The number of esters is 1. The Morgan fingerprint density at radius 3 is 2.52 bits per heavy atom. The fourth-order valence-electron chi connectivity index (χ4n) is 2.00. The predicted octanol–water partition coefficient (Wildman–Crippen LogP) is 3.87. The second-order valence-electron chi connectivity index (χ2n) is 5.00. The highest BCUT2D eigenvalue weighted by molar-refractivity contribution is 7.10. The van der Waals surface area contributed by atoms with Crippen LogP contribution in [0.1, 0.15) is 24.3 Å². The fourth-order valence-corrected chi connectivity index (χ4v) is 2.79. The van der Waals surface area contributed by atoms with Gasteiger partial charge in [-0.3, -0.25) is 4.79 Å². The predicted molar refractivity (Wildman–Crippen MR) is 88.5 cm³/mol. The van der Waals surface area contributed by atoms with Gasteiger partial charge in [-0.1, -0.05) is 24.3 Å². The number of carbonyl (C=O) groups excluding carboxylic acids is 2. The van der Waals surface area contributed by atoms with Crippen molar-refractivity contribution in [2.75, 3.05) is 13.6 Å². The van der Waals surface area contributed by atoms with Crippen LogP contribution in [0.5, 0.6) is 5.75 Å². The maximum Gasteiger partial charge on any atom is 0.414 e. The van der Waals surface area contributed by atoms with Crippen molar-refractivity contribution in [3.63, 3.8) is 0 Å². The standard InChI is InChI=1S/C17H19NO4S/c1-13(19)21-15(16-9-6-12-23-16)10-11-18(2)17(20)22-14-7-4-3-5-8-14/h3-9,12,15H,10-11H2,1-2H3/t15-/m1/s1. The SMILES string of the molecule is CC(=O)O[C@H](CCN(C)C(=O)Oc1ccccc1)c1cccs1. The summed E-state index contributed by atoms with van der Waals surface area (Å²) in [5.41, 5.74) is 0. The smallest absolute Gasteiger partial charge is 0.414 e. The van der Waals surface area contributed by atoms with Crippen LogP contribution in [-0.2, 0) is 9.53 Å². The van der Waals surface area contributed by atoms with E-state index in [0.717, 1.165) is 4.88 Å². The summed E-state index contributed by atoms with van der Waals surface area (Å²) in [6.45, 7) is 1.80. The van der Waals surface area contributed by atoms with E-state index in [2.05, 4.69) is 0 Å². The van der Waals surface area contributed by atoms with Crippen molar-refractivity contribution in [1.29, 1.82) is 0 Å². The van der Waals surface area contributed by atoms with Gasteiger partial charge in [0.05, 0.1) is 0 Å². The van der Waals surface area contributed by atoms with Gasteiger partial charge in [0.2, 0.25) is 0 Å². The number of thiophene rings is 1. The summed E-state index contributed by atoms with van der Waals surface area (Å²) < 4.78 is 10.6. The van der Waals surface area contributed by atoms with Crippen molar-refractivity contribution in [3.8, 4) is 5.75 Å². The van der Waals surface area contributed by atoms with Crippen molar-refractivity contribution in [3.05, 3.63) is 52.7 Å². The van der Waals surface area contributed by atoms with Gasteiger partial charge in [0, 0.05) is 31.8 Å². The molecule has 0 unspecified atom stereocenters. The van der Waals surface area contributed by atoms with Gasteiger partial charge >= 0.3 is 12.1 Å². The number of carbonyl (C=O) groups is 2. The summed E-state index contributed by atoms with van der Waals surface area (Å²) in [6.07, 6.45) is -0.274. The molecule has 0 aliphatic heterocycles. The maximum atomic E-state index is 12.0. The molecule has 0 spiro atoms. The lowest BCUT2D eigenvalue weighted by Crippen LogP contribution is -2.31. The number of ether oxygens (including phenoxy) is 2. The molecular weight excluding hydrogens is 314 g/mol. The summed E-state index contributed by atoms with van der Waals surface area (Å²) in [5.74, 6) is 0.164. The zero-order valence-corrected chi connectivity index (χ0v) is 13.9. The molecule has 1 amide bonds. The van der Waals surface area contributed by atoms with E-state index in [9.17, 15) is 9.59 Å². The number of hydrogen-bond donors (Lipinski definition) is 0. The zero-order valence-electron chi connectivity index (χ0n) is 13.1. The van der Waals surface area contributed by atoms with Gasteiger partial charge in [-0.25, -0.2) is 4.79 Å². The van der Waals surface area contributed by atoms with Crippen molar-refractivity contribution in [2.45, 2.75) is 19.4 Å². The van der Waals surface area contributed by atoms with Crippen LogP contribution in [0.4, 0.5) is 4.79 Å². The minimum absolute atomic E-state index is 0.335. The first-order valence-electron chi connectivity index (χ1n) is 7.25. The quantitative estimate of drug-likeness (QED) is 0.753. The number of nitrogens with zero attached hydrogens (tertiary/aromatic N) is 1. The van der Waals surface area contributed by atoms with Gasteiger partial charge in [0.1, 0.15) is 11.9 Å². The van der Waals surface area contributed by atoms with Crippen molar-refractivity contribution in [1.82, 2.24) is 4.90 Å². The molecule has 0 radical (unpaired) electrons. The summed E-state index contributed by atoms with van der Waals surface area (Å²) >= 11 is 1.52. The second kappa shape index (κ2) is 8.33. The Labute approximate surface area is 139 Å². The number of benzene rings is 1. The van der Waals surface area contributed by atoms with Crippen LogP contribution in [0, 0.1) is 0 Å². The van der Waals surface area contributed by atoms with Crippen LogP contribution in [0.2, 0.25) is 0 Å². The minimum Gasteiger partial charge on any atom is -0.457 e. The van der Waals surface area contributed by atoms with E-state index in [1.807, 2.05) is 23.6 Å². The number of para-hydroxylation sites is 1. The average Bonchev–Trinajstić information content (AvgIpc) is 3.06. The monoisotopic (exact) mass is 333 g/mol. The zero-order chi connectivity index (χ0) is 16.7. The van der Waals surface area contributed by atoms with E-state index >= 15 is 0 Å². The van der Waals surface area contributed by atoms with Gasteiger partial charge in [-0.05, 0) is 23.6 Å². The molecule has 1 heterocycles. The normalized spacial score (nSPS) is 11.6. The summed E-state index contributed by atoms with van der Waals surface area (Å²) in [6, 6.07) is 12.7. The van der Waals surface area contributed by atoms with Crippen LogP contribution < -0.4 is 4.74 Å². The van der Waals surface area contributed by atoms with Crippen LogP contribution >= 0.6 is 11.3 Å². The van der Waals surface area contributed by atoms with E-state index in [0.29, 0.717) is 18.7 Å². The molecule has 0 fully saturated rings. The van der Waals surface area contributed by atoms with Gasteiger partial charge in [-0.15, -0.1) is 11.3 Å². The van der Waals surface area contributed by atoms with Crippen molar-refractivity contribution < 1.29 is 19.1 Å². The second-order valence-corrected chi connectivity index (χ2v) is 5.98. The van der Waals surface area contributed by atoms with Crippen LogP contribution in [-0.4, -0.2) is 30.6 Å². The van der Waals surface area contributed by atoms with E-state index < -0.39 is 6.09 Å². The molecule has 0 bridgehead atoms. The Bertz CT molecular complexity index is 627. The van der Waals surface area contributed by atoms with E-state index in [1.165, 1.54) is 23.2 Å². The lowest BCUT2D eigenvalue weighted by Gasteiger charge is -2.20. The topological polar surface area (TPSA) is 55.8 Å². The molecule has 0 saturated heterocycles. The van der Waals surface area contributed by atoms with Gasteiger partial charge in [0.15, 0.2) is 0 Å². The average molecular weight is 333 g/mol. The highest BCUT2D eigenvalue weighted by Crippen LogP contribution is 2.26. The first kappa shape index (κ1) is 17.0. The summed E-state index contributed by atoms with van der Waals surface area (Å²) in [5, 5.41) is 1.93. The van der Waals surface area contributed by atoms with E-state index in [4.69, 9.17) is 9.47 Å². The maximum absolute atomic E-state index is 12.0. The van der Waals surface area contributed by atoms with E-state index in [-0.39, 0.29) is 12.1 Å². The van der Waals surface area contributed by atoms with Crippen molar-refractivity contribution >= 4 is 23.4 Å². The Kier molecular flexibility index (Phi) is 6.17. The Balaban J connectivity index is 1.89. The highest BCUT2D eigenvalue weighted by Gasteiger charge is 2.19. The molecule has 1 aromatic heterocycles. The number of rotatable bonds is 6. The molecule has 1 aromatic carbocycles. The van der Waals surface area contributed by atoms with Crippen molar-refractivity contribution in [2.24, 2.45) is 0 Å². The summed E-state index contributed by atoms with van der Waals surface area (Å²) in [7, 11) is 1.66. The number of amides is 1. The molecule has 5 nitrogen and oxygen atoms in total. The molecule has 1 atom stereocenters. The molecule has 6 heteroatoms. The molecule has 0 aliphatic carbocycles. The lowest BCUT2D eigenvalue weighted by molar-refractivity contribution is -0.147. The van der Waals surface area contributed by atoms with Crippen LogP contribution in [0.15, 0.2) is 47.8 Å². The third-order valence-corrected chi connectivity index (χ3v) is 4.12. The largest absolute Gasteiger partial charge is 0.457 e. The molecular formula is C17H19NO4S. The lowest BCUT2D eigenvalue weighted by atomic mass is 10.2.